The number of rotatable bonds is 3. The molecule has 1 heterocycles. The summed E-state index contributed by atoms with van der Waals surface area (Å²) in [6, 6.07) is 9.26. The van der Waals surface area contributed by atoms with Crippen LogP contribution in [0.25, 0.3) is 10.9 Å². The summed E-state index contributed by atoms with van der Waals surface area (Å²) in [6.07, 6.45) is 0. The van der Waals surface area contributed by atoms with Crippen molar-refractivity contribution in [2.75, 3.05) is 5.32 Å². The van der Waals surface area contributed by atoms with Gasteiger partial charge in [-0.05, 0) is 26.0 Å². The highest BCUT2D eigenvalue weighted by molar-refractivity contribution is 5.98. The van der Waals surface area contributed by atoms with E-state index < -0.39 is 5.97 Å². The van der Waals surface area contributed by atoms with Gasteiger partial charge >= 0.3 is 5.97 Å². The van der Waals surface area contributed by atoms with Gasteiger partial charge in [0.05, 0.1) is 5.52 Å². The van der Waals surface area contributed by atoms with E-state index in [4.69, 9.17) is 5.11 Å². The molecule has 2 aromatic rings. The van der Waals surface area contributed by atoms with Gasteiger partial charge in [-0.25, -0.2) is 9.78 Å². The fourth-order valence-corrected chi connectivity index (χ4v) is 1.66. The number of pyridine rings is 1. The number of carboxylic acids is 1. The normalized spacial score (nSPS) is 10.8. The molecule has 88 valence electrons. The van der Waals surface area contributed by atoms with Gasteiger partial charge in [0.2, 0.25) is 0 Å². The standard InChI is InChI=1S/C13H14N2O2/c1-8(2)14-12-10(13(16)17)7-9-5-3-4-6-11(9)15-12/h3-8H,1-2H3,(H,14,15)(H,16,17). The number of hydrogen-bond acceptors (Lipinski definition) is 3. The van der Waals surface area contributed by atoms with Gasteiger partial charge in [0.25, 0.3) is 0 Å². The van der Waals surface area contributed by atoms with Crippen LogP contribution >= 0.6 is 0 Å². The Morgan fingerprint density at radius 3 is 2.71 bits per heavy atom. The van der Waals surface area contributed by atoms with Crippen LogP contribution in [0.15, 0.2) is 30.3 Å². The molecule has 0 fully saturated rings. The molecule has 0 aliphatic rings. The number of carbonyl (C=O) groups is 1. The first-order valence-corrected chi connectivity index (χ1v) is 5.47. The third-order valence-corrected chi connectivity index (χ3v) is 2.38. The van der Waals surface area contributed by atoms with E-state index in [1.54, 1.807) is 6.07 Å². The number of hydrogen-bond donors (Lipinski definition) is 2. The van der Waals surface area contributed by atoms with Crippen LogP contribution < -0.4 is 5.32 Å². The van der Waals surface area contributed by atoms with Gasteiger partial charge in [0, 0.05) is 11.4 Å². The molecule has 0 spiro atoms. The van der Waals surface area contributed by atoms with Crippen molar-refractivity contribution >= 4 is 22.7 Å². The molecule has 1 aromatic carbocycles. The number of aromatic carboxylic acids is 1. The van der Waals surface area contributed by atoms with Crippen LogP contribution in [0.1, 0.15) is 24.2 Å². The highest BCUT2D eigenvalue weighted by Crippen LogP contribution is 2.20. The Labute approximate surface area is 99.3 Å². The maximum Gasteiger partial charge on any atom is 0.339 e. The SMILES string of the molecule is CC(C)Nc1nc2ccccc2cc1C(=O)O. The molecule has 0 atom stereocenters. The van der Waals surface area contributed by atoms with E-state index in [9.17, 15) is 4.79 Å². The van der Waals surface area contributed by atoms with E-state index in [2.05, 4.69) is 10.3 Å². The summed E-state index contributed by atoms with van der Waals surface area (Å²) in [4.78, 5) is 15.5. The average molecular weight is 230 g/mol. The van der Waals surface area contributed by atoms with Gasteiger partial charge in [-0.1, -0.05) is 18.2 Å². The summed E-state index contributed by atoms with van der Waals surface area (Å²) in [5, 5.41) is 13.0. The first kappa shape index (κ1) is 11.4. The Morgan fingerprint density at radius 2 is 2.06 bits per heavy atom. The number of para-hydroxylation sites is 1. The lowest BCUT2D eigenvalue weighted by atomic mass is 10.1. The highest BCUT2D eigenvalue weighted by atomic mass is 16.4. The number of aromatic nitrogens is 1. The van der Waals surface area contributed by atoms with Gasteiger partial charge in [-0.2, -0.15) is 0 Å². The molecule has 0 aliphatic heterocycles. The molecular weight excluding hydrogens is 216 g/mol. The molecule has 4 nitrogen and oxygen atoms in total. The van der Waals surface area contributed by atoms with Crippen LogP contribution in [0.2, 0.25) is 0 Å². The highest BCUT2D eigenvalue weighted by Gasteiger charge is 2.13. The lowest BCUT2D eigenvalue weighted by Crippen LogP contribution is -2.15. The molecule has 0 radical (unpaired) electrons. The summed E-state index contributed by atoms with van der Waals surface area (Å²) in [7, 11) is 0. The average Bonchev–Trinajstić information content (AvgIpc) is 2.27. The Morgan fingerprint density at radius 1 is 1.35 bits per heavy atom. The van der Waals surface area contributed by atoms with Crippen molar-refractivity contribution in [1.82, 2.24) is 4.98 Å². The van der Waals surface area contributed by atoms with Gasteiger partial charge < -0.3 is 10.4 Å². The van der Waals surface area contributed by atoms with Gasteiger partial charge in [-0.3, -0.25) is 0 Å². The molecule has 0 bridgehead atoms. The van der Waals surface area contributed by atoms with E-state index in [-0.39, 0.29) is 11.6 Å². The molecule has 0 saturated heterocycles. The van der Waals surface area contributed by atoms with Crippen LogP contribution in [0, 0.1) is 0 Å². The fraction of sp³-hybridized carbons (Fsp3) is 0.231. The fourth-order valence-electron chi connectivity index (χ4n) is 1.66. The maximum absolute atomic E-state index is 11.2. The minimum Gasteiger partial charge on any atom is -0.478 e. The molecule has 0 unspecified atom stereocenters. The monoisotopic (exact) mass is 230 g/mol. The van der Waals surface area contributed by atoms with Crippen LogP contribution in [0.5, 0.6) is 0 Å². The van der Waals surface area contributed by atoms with Crippen molar-refractivity contribution in [3.63, 3.8) is 0 Å². The molecule has 17 heavy (non-hydrogen) atoms. The smallest absolute Gasteiger partial charge is 0.339 e. The minimum absolute atomic E-state index is 0.141. The number of benzene rings is 1. The number of fused-ring (bicyclic) bond motifs is 1. The topological polar surface area (TPSA) is 62.2 Å². The Bertz CT molecular complexity index is 564. The lowest BCUT2D eigenvalue weighted by molar-refractivity contribution is 0.0698. The largest absolute Gasteiger partial charge is 0.478 e. The summed E-state index contributed by atoms with van der Waals surface area (Å²) in [5.41, 5.74) is 0.998. The van der Waals surface area contributed by atoms with Gasteiger partial charge in [-0.15, -0.1) is 0 Å². The van der Waals surface area contributed by atoms with Crippen molar-refractivity contribution in [2.24, 2.45) is 0 Å². The second kappa shape index (κ2) is 4.41. The van der Waals surface area contributed by atoms with E-state index in [0.717, 1.165) is 10.9 Å². The predicted octanol–water partition coefficient (Wildman–Crippen LogP) is 2.75. The zero-order valence-electron chi connectivity index (χ0n) is 9.77. The van der Waals surface area contributed by atoms with Crippen molar-refractivity contribution in [3.8, 4) is 0 Å². The van der Waals surface area contributed by atoms with Crippen LogP contribution in [0.3, 0.4) is 0 Å². The first-order valence-electron chi connectivity index (χ1n) is 5.47. The maximum atomic E-state index is 11.2. The number of anilines is 1. The summed E-state index contributed by atoms with van der Waals surface area (Å²) < 4.78 is 0. The molecule has 0 amide bonds. The quantitative estimate of drug-likeness (QED) is 0.851. The molecule has 0 aliphatic carbocycles. The zero-order valence-corrected chi connectivity index (χ0v) is 9.77. The van der Waals surface area contributed by atoms with Crippen molar-refractivity contribution in [2.45, 2.75) is 19.9 Å². The first-order chi connectivity index (χ1) is 8.08. The van der Waals surface area contributed by atoms with Gasteiger partial charge in [0.15, 0.2) is 0 Å². The molecule has 1 aromatic heterocycles. The van der Waals surface area contributed by atoms with Crippen molar-refractivity contribution in [1.29, 1.82) is 0 Å². The van der Waals surface area contributed by atoms with Gasteiger partial charge in [0.1, 0.15) is 11.4 Å². The van der Waals surface area contributed by atoms with E-state index in [1.807, 2.05) is 38.1 Å². The predicted molar refractivity (Wildman–Crippen MR) is 67.5 cm³/mol. The molecule has 2 N–H and O–H groups in total. The Balaban J connectivity index is 2.62. The summed E-state index contributed by atoms with van der Waals surface area (Å²) in [6.45, 7) is 3.89. The number of nitrogens with one attached hydrogen (secondary N) is 1. The molecular formula is C13H14N2O2. The van der Waals surface area contributed by atoms with E-state index >= 15 is 0 Å². The molecule has 4 heteroatoms. The Hall–Kier alpha value is -2.10. The molecule has 0 saturated carbocycles. The third kappa shape index (κ3) is 2.36. The zero-order chi connectivity index (χ0) is 12.4. The van der Waals surface area contributed by atoms with E-state index in [1.165, 1.54) is 0 Å². The van der Waals surface area contributed by atoms with Crippen LogP contribution in [-0.4, -0.2) is 22.1 Å². The minimum atomic E-state index is -0.966. The van der Waals surface area contributed by atoms with Crippen molar-refractivity contribution in [3.05, 3.63) is 35.9 Å². The van der Waals surface area contributed by atoms with Crippen LogP contribution in [0.4, 0.5) is 5.82 Å². The number of carboxylic acid groups (broad SMARTS) is 1. The second-order valence-electron chi connectivity index (χ2n) is 4.18. The third-order valence-electron chi connectivity index (χ3n) is 2.38. The Kier molecular flexibility index (Phi) is 2.95. The van der Waals surface area contributed by atoms with E-state index in [0.29, 0.717) is 5.82 Å². The lowest BCUT2D eigenvalue weighted by Gasteiger charge is -2.12. The van der Waals surface area contributed by atoms with Crippen LogP contribution in [-0.2, 0) is 0 Å². The summed E-state index contributed by atoms with van der Waals surface area (Å²) in [5.74, 6) is -0.544. The number of nitrogens with zero attached hydrogens (tertiary/aromatic N) is 1. The van der Waals surface area contributed by atoms with Crippen molar-refractivity contribution < 1.29 is 9.90 Å². The molecule has 2 rings (SSSR count). The second-order valence-corrected chi connectivity index (χ2v) is 4.18. The summed E-state index contributed by atoms with van der Waals surface area (Å²) >= 11 is 0.